The summed E-state index contributed by atoms with van der Waals surface area (Å²) < 4.78 is 2.10. The van der Waals surface area contributed by atoms with Crippen molar-refractivity contribution in [2.75, 3.05) is 13.1 Å². The molecule has 1 fully saturated rings. The Morgan fingerprint density at radius 3 is 2.44 bits per heavy atom. The van der Waals surface area contributed by atoms with Gasteiger partial charge in [-0.2, -0.15) is 5.10 Å². The zero-order valence-corrected chi connectivity index (χ0v) is 17.2. The molecule has 2 aromatic rings. The Bertz CT molecular complexity index is 755. The average Bonchev–Trinajstić information content (AvgIpc) is 2.93. The minimum atomic E-state index is 0.289. The van der Waals surface area contributed by atoms with E-state index >= 15 is 0 Å². The fraction of sp³-hybridized carbons (Fsp3) is 0.565. The van der Waals surface area contributed by atoms with Crippen molar-refractivity contribution in [2.24, 2.45) is 5.92 Å². The first kappa shape index (κ1) is 19.7. The number of piperidine rings is 1. The predicted octanol–water partition coefficient (Wildman–Crippen LogP) is 4.49. The topological polar surface area (TPSA) is 38.1 Å². The highest BCUT2D eigenvalue weighted by Crippen LogP contribution is 2.28. The van der Waals surface area contributed by atoms with E-state index in [1.54, 1.807) is 0 Å². The van der Waals surface area contributed by atoms with Gasteiger partial charge in [-0.25, -0.2) is 0 Å². The van der Waals surface area contributed by atoms with E-state index in [1.807, 2.05) is 0 Å². The van der Waals surface area contributed by atoms with Crippen LogP contribution in [0, 0.1) is 19.8 Å². The van der Waals surface area contributed by atoms with Gasteiger partial charge in [0.2, 0.25) is 5.91 Å². The van der Waals surface area contributed by atoms with E-state index in [0.29, 0.717) is 18.3 Å². The van der Waals surface area contributed by atoms with Gasteiger partial charge in [0.15, 0.2) is 0 Å². The summed E-state index contributed by atoms with van der Waals surface area (Å²) in [5.41, 5.74) is 4.96. The van der Waals surface area contributed by atoms with E-state index in [2.05, 4.69) is 72.7 Å². The lowest BCUT2D eigenvalue weighted by Gasteiger charge is -2.32. The van der Waals surface area contributed by atoms with Crippen LogP contribution in [0.25, 0.3) is 0 Å². The molecule has 146 valence electrons. The third-order valence-corrected chi connectivity index (χ3v) is 5.78. The molecule has 2 heterocycles. The fourth-order valence-electron chi connectivity index (χ4n) is 4.20. The van der Waals surface area contributed by atoms with E-state index in [9.17, 15) is 4.79 Å². The van der Waals surface area contributed by atoms with Crippen LogP contribution in [0.1, 0.15) is 61.5 Å². The number of aryl methyl sites for hydroxylation is 1. The monoisotopic (exact) mass is 367 g/mol. The minimum absolute atomic E-state index is 0.289. The van der Waals surface area contributed by atoms with Crippen LogP contribution in [0.15, 0.2) is 30.3 Å². The third-order valence-electron chi connectivity index (χ3n) is 5.78. The maximum atomic E-state index is 12.7. The van der Waals surface area contributed by atoms with E-state index in [4.69, 9.17) is 0 Å². The van der Waals surface area contributed by atoms with Crippen LogP contribution in [0.2, 0.25) is 0 Å². The highest BCUT2D eigenvalue weighted by molar-refractivity contribution is 5.76. The second-order valence-electron chi connectivity index (χ2n) is 8.29. The number of likely N-dealkylation sites (tertiary alicyclic amines) is 1. The van der Waals surface area contributed by atoms with Crippen LogP contribution in [0.3, 0.4) is 0 Å². The molecule has 0 spiro atoms. The summed E-state index contributed by atoms with van der Waals surface area (Å²) in [6.07, 6.45) is 3.53. The van der Waals surface area contributed by atoms with Crippen LogP contribution in [-0.4, -0.2) is 33.7 Å². The number of hydrogen-bond donors (Lipinski definition) is 0. The molecule has 0 N–H and O–H groups in total. The van der Waals surface area contributed by atoms with Gasteiger partial charge in [-0.05, 0) is 56.1 Å². The van der Waals surface area contributed by atoms with Crippen molar-refractivity contribution in [2.45, 2.75) is 65.8 Å². The highest BCUT2D eigenvalue weighted by Gasteiger charge is 2.24. The average molecular weight is 368 g/mol. The minimum Gasteiger partial charge on any atom is -0.343 e. The Balaban J connectivity index is 1.53. The van der Waals surface area contributed by atoms with Gasteiger partial charge in [-0.1, -0.05) is 44.2 Å². The first-order chi connectivity index (χ1) is 13.0. The highest BCUT2D eigenvalue weighted by atomic mass is 16.2. The lowest BCUT2D eigenvalue weighted by molar-refractivity contribution is -0.132. The lowest BCUT2D eigenvalue weighted by Crippen LogP contribution is -2.38. The Hall–Kier alpha value is -2.10. The quantitative estimate of drug-likeness (QED) is 0.754. The van der Waals surface area contributed by atoms with Gasteiger partial charge in [0.25, 0.3) is 0 Å². The maximum absolute atomic E-state index is 12.7. The Morgan fingerprint density at radius 2 is 1.81 bits per heavy atom. The first-order valence-corrected chi connectivity index (χ1v) is 10.3. The molecule has 1 aromatic carbocycles. The smallest absolute Gasteiger partial charge is 0.222 e. The molecule has 0 aliphatic carbocycles. The molecule has 0 saturated carbocycles. The van der Waals surface area contributed by atoms with E-state index in [1.165, 1.54) is 16.8 Å². The zero-order valence-electron chi connectivity index (χ0n) is 17.2. The molecule has 4 nitrogen and oxygen atoms in total. The normalized spacial score (nSPS) is 15.5. The molecule has 0 radical (unpaired) electrons. The summed E-state index contributed by atoms with van der Waals surface area (Å²) in [7, 11) is 0. The molecule has 4 heteroatoms. The van der Waals surface area contributed by atoms with E-state index < -0.39 is 0 Å². The Kier molecular flexibility index (Phi) is 6.35. The number of benzene rings is 1. The number of amides is 1. The third kappa shape index (κ3) is 4.79. The fourth-order valence-corrected chi connectivity index (χ4v) is 4.20. The summed E-state index contributed by atoms with van der Waals surface area (Å²) in [5, 5.41) is 4.68. The number of carbonyl (C=O) groups is 1. The molecule has 27 heavy (non-hydrogen) atoms. The molecule has 0 bridgehead atoms. The van der Waals surface area contributed by atoms with Crippen LogP contribution in [0.5, 0.6) is 0 Å². The van der Waals surface area contributed by atoms with Crippen LogP contribution in [0.4, 0.5) is 0 Å². The molecule has 3 rings (SSSR count). The number of aromatic nitrogens is 2. The zero-order chi connectivity index (χ0) is 19.4. The van der Waals surface area contributed by atoms with E-state index in [0.717, 1.165) is 44.6 Å². The molecule has 0 unspecified atom stereocenters. The SMILES string of the molecule is Cc1nn(CC(C)C)c(C)c1CCC(=O)N1CCC(c2ccccc2)CC1. The second kappa shape index (κ2) is 8.73. The van der Waals surface area contributed by atoms with Crippen molar-refractivity contribution >= 4 is 5.91 Å². The largest absolute Gasteiger partial charge is 0.343 e. The van der Waals surface area contributed by atoms with Crippen molar-refractivity contribution in [1.29, 1.82) is 0 Å². The standard InChI is InChI=1S/C23H33N3O/c1-17(2)16-26-19(4)22(18(3)24-26)10-11-23(27)25-14-12-21(13-15-25)20-8-6-5-7-9-20/h5-9,17,21H,10-16H2,1-4H3. The molecule has 0 atom stereocenters. The number of carbonyl (C=O) groups excluding carboxylic acids is 1. The molecule has 1 amide bonds. The van der Waals surface area contributed by atoms with Crippen molar-refractivity contribution in [3.8, 4) is 0 Å². The van der Waals surface area contributed by atoms with Crippen molar-refractivity contribution in [3.05, 3.63) is 52.8 Å². The first-order valence-electron chi connectivity index (χ1n) is 10.3. The lowest BCUT2D eigenvalue weighted by atomic mass is 9.89. The summed E-state index contributed by atoms with van der Waals surface area (Å²) in [5.74, 6) is 1.45. The predicted molar refractivity (Wildman–Crippen MR) is 110 cm³/mol. The van der Waals surface area contributed by atoms with Crippen LogP contribution >= 0.6 is 0 Å². The molecule has 1 aliphatic rings. The van der Waals surface area contributed by atoms with Gasteiger partial charge in [-0.3, -0.25) is 9.48 Å². The molecular weight excluding hydrogens is 334 g/mol. The van der Waals surface area contributed by atoms with Crippen molar-refractivity contribution in [3.63, 3.8) is 0 Å². The van der Waals surface area contributed by atoms with Crippen LogP contribution < -0.4 is 0 Å². The summed E-state index contributed by atoms with van der Waals surface area (Å²) >= 11 is 0. The summed E-state index contributed by atoms with van der Waals surface area (Å²) in [4.78, 5) is 14.8. The van der Waals surface area contributed by atoms with Gasteiger partial charge in [-0.15, -0.1) is 0 Å². The molecule has 1 aromatic heterocycles. The van der Waals surface area contributed by atoms with E-state index in [-0.39, 0.29) is 5.91 Å². The number of nitrogens with zero attached hydrogens (tertiary/aromatic N) is 3. The Labute approximate surface area is 163 Å². The van der Waals surface area contributed by atoms with Gasteiger partial charge < -0.3 is 4.90 Å². The van der Waals surface area contributed by atoms with Gasteiger partial charge in [0, 0.05) is 31.7 Å². The number of rotatable bonds is 6. The van der Waals surface area contributed by atoms with Gasteiger partial charge >= 0.3 is 0 Å². The molecule has 1 aliphatic heterocycles. The van der Waals surface area contributed by atoms with Crippen molar-refractivity contribution in [1.82, 2.24) is 14.7 Å². The second-order valence-corrected chi connectivity index (χ2v) is 8.29. The molecule has 1 saturated heterocycles. The molecular formula is C23H33N3O. The summed E-state index contributed by atoms with van der Waals surface area (Å²) in [6, 6.07) is 10.7. The van der Waals surface area contributed by atoms with Gasteiger partial charge in [0.1, 0.15) is 0 Å². The van der Waals surface area contributed by atoms with Crippen LogP contribution in [-0.2, 0) is 17.8 Å². The van der Waals surface area contributed by atoms with Crippen molar-refractivity contribution < 1.29 is 4.79 Å². The van der Waals surface area contributed by atoms with Gasteiger partial charge in [0.05, 0.1) is 5.69 Å². The number of hydrogen-bond acceptors (Lipinski definition) is 2. The maximum Gasteiger partial charge on any atom is 0.222 e. The Morgan fingerprint density at radius 1 is 1.15 bits per heavy atom. The summed E-state index contributed by atoms with van der Waals surface area (Å²) in [6.45, 7) is 11.3.